The van der Waals surface area contributed by atoms with Crippen LogP contribution in [0, 0.1) is 18.6 Å². The summed E-state index contributed by atoms with van der Waals surface area (Å²) in [5.74, 6) is -0.117. The van der Waals surface area contributed by atoms with Crippen LogP contribution in [0.2, 0.25) is 0 Å². The molecule has 1 aromatic carbocycles. The van der Waals surface area contributed by atoms with Crippen molar-refractivity contribution in [1.82, 2.24) is 19.5 Å². The second kappa shape index (κ2) is 4.88. The van der Waals surface area contributed by atoms with E-state index in [1.807, 2.05) is 17.7 Å². The number of imidazole rings is 2. The number of aromatic amines is 1. The zero-order chi connectivity index (χ0) is 14.1. The molecular weight excluding hydrogens is 262 g/mol. The third-order valence-electron chi connectivity index (χ3n) is 3.10. The minimum absolute atomic E-state index is 0.551. The van der Waals surface area contributed by atoms with Crippen molar-refractivity contribution in [3.05, 3.63) is 60.1 Å². The summed E-state index contributed by atoms with van der Waals surface area (Å²) in [5.41, 5.74) is 1.21. The molecule has 2 aromatic heterocycles. The van der Waals surface area contributed by atoms with Crippen LogP contribution in [0.1, 0.15) is 11.6 Å². The number of nitrogens with one attached hydrogen (secondary N) is 1. The van der Waals surface area contributed by atoms with Crippen molar-refractivity contribution < 1.29 is 8.78 Å². The van der Waals surface area contributed by atoms with Crippen LogP contribution in [0.25, 0.3) is 11.3 Å². The molecule has 0 aliphatic rings. The Hall–Kier alpha value is -2.50. The first-order valence-electron chi connectivity index (χ1n) is 6.10. The van der Waals surface area contributed by atoms with Gasteiger partial charge in [-0.1, -0.05) is 0 Å². The molecule has 0 unspecified atom stereocenters. The van der Waals surface area contributed by atoms with E-state index in [2.05, 4.69) is 15.0 Å². The number of nitrogens with zero attached hydrogens (tertiary/aromatic N) is 3. The van der Waals surface area contributed by atoms with Crippen molar-refractivity contribution in [2.45, 2.75) is 13.5 Å². The Labute approximate surface area is 114 Å². The fourth-order valence-corrected chi connectivity index (χ4v) is 1.99. The molecule has 1 N–H and O–H groups in total. The van der Waals surface area contributed by atoms with Crippen LogP contribution < -0.4 is 0 Å². The molecule has 0 radical (unpaired) electrons. The van der Waals surface area contributed by atoms with Crippen LogP contribution in [0.4, 0.5) is 8.78 Å². The average molecular weight is 274 g/mol. The molecule has 2 heterocycles. The van der Waals surface area contributed by atoms with E-state index in [0.29, 0.717) is 17.8 Å². The smallest absolute Gasteiger partial charge is 0.159 e. The standard InChI is InChI=1S/C14H12F2N4/c1-9-17-4-5-20(9)8-14-18-7-13(19-14)10-2-3-11(15)12(16)6-10/h2-7H,8H2,1H3,(H,18,19). The number of benzene rings is 1. The lowest BCUT2D eigenvalue weighted by molar-refractivity contribution is 0.509. The monoisotopic (exact) mass is 274 g/mol. The summed E-state index contributed by atoms with van der Waals surface area (Å²) in [4.78, 5) is 11.5. The van der Waals surface area contributed by atoms with Gasteiger partial charge in [-0.3, -0.25) is 0 Å². The Bertz CT molecular complexity index is 745. The van der Waals surface area contributed by atoms with E-state index >= 15 is 0 Å². The van der Waals surface area contributed by atoms with Gasteiger partial charge in [-0.2, -0.15) is 0 Å². The second-order valence-electron chi connectivity index (χ2n) is 4.47. The van der Waals surface area contributed by atoms with Gasteiger partial charge < -0.3 is 9.55 Å². The summed E-state index contributed by atoms with van der Waals surface area (Å²) in [7, 11) is 0. The van der Waals surface area contributed by atoms with Crippen LogP contribution in [0.5, 0.6) is 0 Å². The second-order valence-corrected chi connectivity index (χ2v) is 4.47. The van der Waals surface area contributed by atoms with Crippen LogP contribution in [-0.2, 0) is 6.54 Å². The molecule has 0 atom stereocenters. The van der Waals surface area contributed by atoms with Crippen LogP contribution in [0.15, 0.2) is 36.8 Å². The molecule has 0 amide bonds. The first kappa shape index (κ1) is 12.5. The van der Waals surface area contributed by atoms with Gasteiger partial charge in [-0.05, 0) is 25.1 Å². The third-order valence-corrected chi connectivity index (χ3v) is 3.10. The summed E-state index contributed by atoms with van der Waals surface area (Å²) < 4.78 is 28.1. The lowest BCUT2D eigenvalue weighted by Crippen LogP contribution is -2.02. The van der Waals surface area contributed by atoms with Gasteiger partial charge in [-0.25, -0.2) is 18.7 Å². The molecule has 0 aliphatic carbocycles. The van der Waals surface area contributed by atoms with Crippen molar-refractivity contribution in [3.63, 3.8) is 0 Å². The normalized spacial score (nSPS) is 10.9. The Morgan fingerprint density at radius 2 is 2.05 bits per heavy atom. The highest BCUT2D eigenvalue weighted by atomic mass is 19.2. The molecule has 0 spiro atoms. The maximum absolute atomic E-state index is 13.2. The van der Waals surface area contributed by atoms with Crippen LogP contribution >= 0.6 is 0 Å². The summed E-state index contributed by atoms with van der Waals surface area (Å²) in [6.07, 6.45) is 5.18. The number of hydrogen-bond donors (Lipinski definition) is 1. The van der Waals surface area contributed by atoms with Gasteiger partial charge in [0.05, 0.1) is 18.4 Å². The predicted molar refractivity (Wildman–Crippen MR) is 70.0 cm³/mol. The van der Waals surface area contributed by atoms with Crippen molar-refractivity contribution in [1.29, 1.82) is 0 Å². The molecule has 0 saturated carbocycles. The Morgan fingerprint density at radius 3 is 2.75 bits per heavy atom. The first-order valence-corrected chi connectivity index (χ1v) is 6.10. The zero-order valence-electron chi connectivity index (χ0n) is 10.8. The van der Waals surface area contributed by atoms with Gasteiger partial charge >= 0.3 is 0 Å². The molecule has 0 aliphatic heterocycles. The quantitative estimate of drug-likeness (QED) is 0.798. The highest BCUT2D eigenvalue weighted by Crippen LogP contribution is 2.20. The van der Waals surface area contributed by atoms with Gasteiger partial charge in [-0.15, -0.1) is 0 Å². The summed E-state index contributed by atoms with van der Waals surface area (Å²) >= 11 is 0. The SMILES string of the molecule is Cc1nccn1Cc1ncc(-c2ccc(F)c(F)c2)[nH]1. The number of aryl methyl sites for hydroxylation is 1. The van der Waals surface area contributed by atoms with Gasteiger partial charge in [0.2, 0.25) is 0 Å². The fraction of sp³-hybridized carbons (Fsp3) is 0.143. The molecule has 4 nitrogen and oxygen atoms in total. The predicted octanol–water partition coefficient (Wildman–Crippen LogP) is 2.91. The minimum Gasteiger partial charge on any atom is -0.340 e. The van der Waals surface area contributed by atoms with Crippen molar-refractivity contribution >= 4 is 0 Å². The third kappa shape index (κ3) is 2.32. The number of aromatic nitrogens is 4. The van der Waals surface area contributed by atoms with E-state index < -0.39 is 11.6 Å². The highest BCUT2D eigenvalue weighted by molar-refractivity contribution is 5.58. The Balaban J connectivity index is 1.86. The highest BCUT2D eigenvalue weighted by Gasteiger charge is 2.08. The Morgan fingerprint density at radius 1 is 1.20 bits per heavy atom. The molecular formula is C14H12F2N4. The molecule has 20 heavy (non-hydrogen) atoms. The molecule has 3 aromatic rings. The topological polar surface area (TPSA) is 46.5 Å². The van der Waals surface area contributed by atoms with E-state index in [4.69, 9.17) is 0 Å². The van der Waals surface area contributed by atoms with Gasteiger partial charge in [0.1, 0.15) is 11.6 Å². The maximum atomic E-state index is 13.2. The summed E-state index contributed by atoms with van der Waals surface area (Å²) in [5, 5.41) is 0. The fourth-order valence-electron chi connectivity index (χ4n) is 1.99. The number of H-pyrrole nitrogens is 1. The number of halogens is 2. The van der Waals surface area contributed by atoms with E-state index in [1.165, 1.54) is 6.07 Å². The van der Waals surface area contributed by atoms with Gasteiger partial charge in [0.25, 0.3) is 0 Å². The zero-order valence-corrected chi connectivity index (χ0v) is 10.8. The van der Waals surface area contributed by atoms with Crippen LogP contribution in [0.3, 0.4) is 0 Å². The van der Waals surface area contributed by atoms with E-state index in [-0.39, 0.29) is 0 Å². The van der Waals surface area contributed by atoms with Crippen molar-refractivity contribution in [2.24, 2.45) is 0 Å². The Kier molecular flexibility index (Phi) is 3.06. The molecule has 0 saturated heterocycles. The lowest BCUT2D eigenvalue weighted by Gasteiger charge is -2.02. The summed E-state index contributed by atoms with van der Waals surface area (Å²) in [6.45, 7) is 2.45. The average Bonchev–Trinajstić information content (AvgIpc) is 3.04. The maximum Gasteiger partial charge on any atom is 0.159 e. The van der Waals surface area contributed by atoms with E-state index in [9.17, 15) is 8.78 Å². The van der Waals surface area contributed by atoms with E-state index in [0.717, 1.165) is 23.8 Å². The molecule has 6 heteroatoms. The lowest BCUT2D eigenvalue weighted by atomic mass is 10.1. The molecule has 0 fully saturated rings. The minimum atomic E-state index is -0.871. The van der Waals surface area contributed by atoms with Gasteiger partial charge in [0, 0.05) is 18.0 Å². The number of rotatable bonds is 3. The summed E-state index contributed by atoms with van der Waals surface area (Å²) in [6, 6.07) is 3.76. The number of hydrogen-bond acceptors (Lipinski definition) is 2. The van der Waals surface area contributed by atoms with Gasteiger partial charge in [0.15, 0.2) is 11.6 Å². The van der Waals surface area contributed by atoms with Crippen LogP contribution in [-0.4, -0.2) is 19.5 Å². The van der Waals surface area contributed by atoms with Crippen molar-refractivity contribution in [3.8, 4) is 11.3 Å². The van der Waals surface area contributed by atoms with E-state index in [1.54, 1.807) is 12.4 Å². The molecule has 3 rings (SSSR count). The molecule has 102 valence electrons. The molecule has 0 bridgehead atoms. The van der Waals surface area contributed by atoms with Crippen molar-refractivity contribution in [2.75, 3.05) is 0 Å². The largest absolute Gasteiger partial charge is 0.340 e. The first-order chi connectivity index (χ1) is 9.63.